The number of benzene rings is 1. The molecule has 1 unspecified atom stereocenters. The van der Waals surface area contributed by atoms with Gasteiger partial charge in [-0.3, -0.25) is 4.79 Å². The van der Waals surface area contributed by atoms with Gasteiger partial charge in [-0.05, 0) is 40.0 Å². The zero-order valence-corrected chi connectivity index (χ0v) is 12.4. The van der Waals surface area contributed by atoms with Crippen LogP contribution >= 0.6 is 28.1 Å². The first-order valence-corrected chi connectivity index (χ1v) is 6.58. The van der Waals surface area contributed by atoms with Gasteiger partial charge in [0.1, 0.15) is 5.82 Å². The summed E-state index contributed by atoms with van der Waals surface area (Å²) in [5, 5.41) is 2.70. The van der Waals surface area contributed by atoms with Crippen LogP contribution < -0.4 is 11.1 Å². The topological polar surface area (TPSA) is 55.1 Å². The Morgan fingerprint density at radius 1 is 1.50 bits per heavy atom. The van der Waals surface area contributed by atoms with E-state index in [9.17, 15) is 9.18 Å². The number of hydrogen-bond donors (Lipinski definition) is 2. The molecule has 18 heavy (non-hydrogen) atoms. The Labute approximate surface area is 119 Å². The van der Waals surface area contributed by atoms with E-state index in [0.717, 1.165) is 6.07 Å². The van der Waals surface area contributed by atoms with Crippen LogP contribution in [-0.2, 0) is 0 Å². The summed E-state index contributed by atoms with van der Waals surface area (Å²) in [5.41, 5.74) is 5.78. The highest BCUT2D eigenvalue weighted by molar-refractivity contribution is 9.10. The fourth-order valence-corrected chi connectivity index (χ4v) is 2.21. The third kappa shape index (κ3) is 3.74. The van der Waals surface area contributed by atoms with E-state index in [1.54, 1.807) is 0 Å². The predicted molar refractivity (Wildman–Crippen MR) is 77.0 cm³/mol. The van der Waals surface area contributed by atoms with Crippen LogP contribution in [0.15, 0.2) is 22.7 Å². The molecule has 0 bridgehead atoms. The first-order valence-electron chi connectivity index (χ1n) is 5.38. The van der Waals surface area contributed by atoms with Crippen LogP contribution in [0.1, 0.15) is 24.2 Å². The molecule has 0 aliphatic carbocycles. The molecule has 6 heteroatoms. The molecule has 1 amide bonds. The van der Waals surface area contributed by atoms with E-state index >= 15 is 0 Å². The van der Waals surface area contributed by atoms with Gasteiger partial charge in [-0.2, -0.15) is 0 Å². The molecule has 3 N–H and O–H groups in total. The van der Waals surface area contributed by atoms with Gasteiger partial charge in [0.25, 0.3) is 5.91 Å². The summed E-state index contributed by atoms with van der Waals surface area (Å²) < 4.78 is 13.6. The molecule has 0 heterocycles. The van der Waals surface area contributed by atoms with Gasteiger partial charge < -0.3 is 11.1 Å². The average molecular weight is 333 g/mol. The molecule has 0 saturated heterocycles. The van der Waals surface area contributed by atoms with Crippen LogP contribution in [0.2, 0.25) is 0 Å². The fourth-order valence-electron chi connectivity index (χ4n) is 1.46. The van der Waals surface area contributed by atoms with Gasteiger partial charge in [-0.1, -0.05) is 26.1 Å². The van der Waals surface area contributed by atoms with Gasteiger partial charge in [0, 0.05) is 4.47 Å². The summed E-state index contributed by atoms with van der Waals surface area (Å²) in [6.45, 7) is 3.79. The Hall–Kier alpha value is -1.01. The van der Waals surface area contributed by atoms with E-state index in [-0.39, 0.29) is 16.5 Å². The largest absolute Gasteiger partial charge is 0.392 e. The molecule has 1 aromatic carbocycles. The Morgan fingerprint density at radius 2 is 2.11 bits per heavy atom. The molecule has 0 aliphatic rings. The van der Waals surface area contributed by atoms with E-state index < -0.39 is 17.8 Å². The Balaban J connectivity index is 2.94. The maximum absolute atomic E-state index is 13.1. The molecule has 1 atom stereocenters. The standard InChI is InChI=1S/C12H14BrFN2OS/c1-6(2)10(11(15)18)16-12(17)8-5-7(14)3-4-9(8)13/h3-6,10H,1-2H3,(H2,15,18)(H,16,17). The molecule has 98 valence electrons. The van der Waals surface area contributed by atoms with Crippen molar-refractivity contribution in [3.05, 3.63) is 34.1 Å². The van der Waals surface area contributed by atoms with E-state index in [1.807, 2.05) is 13.8 Å². The highest BCUT2D eigenvalue weighted by Gasteiger charge is 2.21. The molecular formula is C12H14BrFN2OS. The molecule has 0 radical (unpaired) electrons. The SMILES string of the molecule is CC(C)C(NC(=O)c1cc(F)ccc1Br)C(N)=S. The minimum atomic E-state index is -0.472. The van der Waals surface area contributed by atoms with Crippen LogP contribution in [0.3, 0.4) is 0 Å². The summed E-state index contributed by atoms with van der Waals surface area (Å²) >= 11 is 8.10. The number of halogens is 2. The Kier molecular flexibility index (Phi) is 5.22. The summed E-state index contributed by atoms with van der Waals surface area (Å²) in [6, 6.07) is 3.50. The summed E-state index contributed by atoms with van der Waals surface area (Å²) in [4.78, 5) is 12.2. The van der Waals surface area contributed by atoms with Crippen molar-refractivity contribution in [1.29, 1.82) is 0 Å². The van der Waals surface area contributed by atoms with Gasteiger partial charge in [-0.15, -0.1) is 0 Å². The van der Waals surface area contributed by atoms with Crippen molar-refractivity contribution >= 4 is 39.0 Å². The van der Waals surface area contributed by atoms with Gasteiger partial charge in [0.05, 0.1) is 16.6 Å². The molecule has 0 aliphatic heterocycles. The third-order valence-corrected chi connectivity index (χ3v) is 3.38. The number of hydrogen-bond acceptors (Lipinski definition) is 2. The summed E-state index contributed by atoms with van der Waals surface area (Å²) in [6.07, 6.45) is 0. The molecule has 0 fully saturated rings. The van der Waals surface area contributed by atoms with E-state index in [2.05, 4.69) is 21.2 Å². The Bertz CT molecular complexity index is 479. The van der Waals surface area contributed by atoms with Crippen molar-refractivity contribution < 1.29 is 9.18 Å². The molecule has 0 saturated carbocycles. The normalized spacial score (nSPS) is 12.3. The highest BCUT2D eigenvalue weighted by atomic mass is 79.9. The van der Waals surface area contributed by atoms with Crippen molar-refractivity contribution in [2.75, 3.05) is 0 Å². The van der Waals surface area contributed by atoms with E-state index in [0.29, 0.717) is 4.47 Å². The second kappa shape index (κ2) is 6.24. The summed E-state index contributed by atoms with van der Waals surface area (Å²) in [5.74, 6) is -0.813. The number of thiocarbonyl (C=S) groups is 1. The van der Waals surface area contributed by atoms with E-state index in [4.69, 9.17) is 18.0 Å². The Morgan fingerprint density at radius 3 is 2.61 bits per heavy atom. The number of rotatable bonds is 4. The van der Waals surface area contributed by atoms with E-state index in [1.165, 1.54) is 12.1 Å². The van der Waals surface area contributed by atoms with Crippen molar-refractivity contribution in [3.8, 4) is 0 Å². The minimum Gasteiger partial charge on any atom is -0.392 e. The highest BCUT2D eigenvalue weighted by Crippen LogP contribution is 2.18. The van der Waals surface area contributed by atoms with Crippen LogP contribution in [0.5, 0.6) is 0 Å². The maximum atomic E-state index is 13.1. The van der Waals surface area contributed by atoms with Crippen molar-refractivity contribution in [1.82, 2.24) is 5.32 Å². The zero-order valence-electron chi connectivity index (χ0n) is 10.0. The number of carbonyl (C=O) groups is 1. The van der Waals surface area contributed by atoms with Crippen molar-refractivity contribution in [3.63, 3.8) is 0 Å². The van der Waals surface area contributed by atoms with Gasteiger partial charge >= 0.3 is 0 Å². The molecule has 3 nitrogen and oxygen atoms in total. The molecule has 1 rings (SSSR count). The van der Waals surface area contributed by atoms with Crippen LogP contribution in [0.4, 0.5) is 4.39 Å². The lowest BCUT2D eigenvalue weighted by atomic mass is 10.0. The maximum Gasteiger partial charge on any atom is 0.253 e. The number of amides is 1. The lowest BCUT2D eigenvalue weighted by molar-refractivity contribution is 0.0938. The molecule has 0 aromatic heterocycles. The molecule has 0 spiro atoms. The third-order valence-electron chi connectivity index (χ3n) is 2.43. The van der Waals surface area contributed by atoms with Crippen molar-refractivity contribution in [2.24, 2.45) is 11.7 Å². The fraction of sp³-hybridized carbons (Fsp3) is 0.333. The second-order valence-electron chi connectivity index (χ2n) is 4.22. The van der Waals surface area contributed by atoms with Gasteiger partial charge in [-0.25, -0.2) is 4.39 Å². The monoisotopic (exact) mass is 332 g/mol. The smallest absolute Gasteiger partial charge is 0.253 e. The lowest BCUT2D eigenvalue weighted by Crippen LogP contribution is -2.46. The predicted octanol–water partition coefficient (Wildman–Crippen LogP) is 2.63. The second-order valence-corrected chi connectivity index (χ2v) is 5.55. The number of nitrogens with two attached hydrogens (primary N) is 1. The minimum absolute atomic E-state index is 0.0683. The molecular weight excluding hydrogens is 319 g/mol. The van der Waals surface area contributed by atoms with Gasteiger partial charge in [0.2, 0.25) is 0 Å². The molecule has 1 aromatic rings. The summed E-state index contributed by atoms with van der Waals surface area (Å²) in [7, 11) is 0. The number of nitrogens with one attached hydrogen (secondary N) is 1. The first kappa shape index (κ1) is 15.0. The van der Waals surface area contributed by atoms with Crippen LogP contribution in [0.25, 0.3) is 0 Å². The van der Waals surface area contributed by atoms with Gasteiger partial charge in [0.15, 0.2) is 0 Å². The van der Waals surface area contributed by atoms with Crippen LogP contribution in [0, 0.1) is 11.7 Å². The van der Waals surface area contributed by atoms with Crippen molar-refractivity contribution in [2.45, 2.75) is 19.9 Å². The first-order chi connectivity index (χ1) is 8.32. The average Bonchev–Trinajstić information content (AvgIpc) is 2.28. The number of carbonyl (C=O) groups excluding carboxylic acids is 1. The zero-order chi connectivity index (χ0) is 13.9. The lowest BCUT2D eigenvalue weighted by Gasteiger charge is -2.21. The quantitative estimate of drug-likeness (QED) is 0.833. The van der Waals surface area contributed by atoms with Crippen LogP contribution in [-0.4, -0.2) is 16.9 Å².